The molecule has 1 aromatic heterocycles. The van der Waals surface area contributed by atoms with Gasteiger partial charge in [0.15, 0.2) is 0 Å². The molecular weight excluding hydrogens is 242 g/mol. The van der Waals surface area contributed by atoms with E-state index in [4.69, 9.17) is 5.73 Å². The molecule has 0 radical (unpaired) electrons. The van der Waals surface area contributed by atoms with Crippen molar-refractivity contribution in [2.45, 2.75) is 13.3 Å². The lowest BCUT2D eigenvalue weighted by Crippen LogP contribution is -2.23. The van der Waals surface area contributed by atoms with Gasteiger partial charge in [0.25, 0.3) is 0 Å². The highest BCUT2D eigenvalue weighted by Crippen LogP contribution is 2.19. The lowest BCUT2D eigenvalue weighted by molar-refractivity contribution is -0.119. The first kappa shape index (κ1) is 13.2. The molecule has 0 saturated carbocycles. The van der Waals surface area contributed by atoms with Crippen LogP contribution in [-0.2, 0) is 4.79 Å². The molecule has 0 fully saturated rings. The summed E-state index contributed by atoms with van der Waals surface area (Å²) in [5.41, 5.74) is 6.96. The summed E-state index contributed by atoms with van der Waals surface area (Å²) < 4.78 is 1.61. The number of nitrogens with zero attached hydrogens (tertiary/aromatic N) is 3. The average Bonchev–Trinajstić information content (AvgIpc) is 2.93. The number of rotatable bonds is 5. The van der Waals surface area contributed by atoms with Crippen molar-refractivity contribution in [2.24, 2.45) is 11.7 Å². The van der Waals surface area contributed by atoms with Crippen LogP contribution in [0.4, 0.5) is 5.69 Å². The van der Waals surface area contributed by atoms with E-state index >= 15 is 0 Å². The highest BCUT2D eigenvalue weighted by atomic mass is 16.1. The Morgan fingerprint density at radius 1 is 1.47 bits per heavy atom. The van der Waals surface area contributed by atoms with Gasteiger partial charge < -0.3 is 11.1 Å². The molecule has 6 heteroatoms. The van der Waals surface area contributed by atoms with Gasteiger partial charge in [-0.2, -0.15) is 0 Å². The predicted octanol–water partition coefficient (Wildman–Crippen LogP) is 1.19. The summed E-state index contributed by atoms with van der Waals surface area (Å²) in [6.45, 7) is 2.36. The molecule has 1 atom stereocenters. The first-order valence-corrected chi connectivity index (χ1v) is 6.19. The molecule has 1 unspecified atom stereocenters. The van der Waals surface area contributed by atoms with Crippen LogP contribution in [0.15, 0.2) is 36.7 Å². The predicted molar refractivity (Wildman–Crippen MR) is 72.8 cm³/mol. The number of aromatic nitrogens is 3. The molecule has 19 heavy (non-hydrogen) atoms. The Hall–Kier alpha value is -2.21. The average molecular weight is 259 g/mol. The molecule has 2 aromatic rings. The Morgan fingerprint density at radius 3 is 2.95 bits per heavy atom. The summed E-state index contributed by atoms with van der Waals surface area (Å²) >= 11 is 0. The first-order valence-electron chi connectivity index (χ1n) is 6.19. The van der Waals surface area contributed by atoms with E-state index in [-0.39, 0.29) is 11.8 Å². The van der Waals surface area contributed by atoms with Crippen LogP contribution in [0.3, 0.4) is 0 Å². The zero-order valence-corrected chi connectivity index (χ0v) is 10.8. The van der Waals surface area contributed by atoms with Gasteiger partial charge in [-0.1, -0.05) is 24.3 Å². The molecular formula is C13H17N5O. The second-order valence-corrected chi connectivity index (χ2v) is 4.33. The summed E-state index contributed by atoms with van der Waals surface area (Å²) in [6.07, 6.45) is 3.99. The summed E-state index contributed by atoms with van der Waals surface area (Å²) in [6, 6.07) is 7.46. The molecule has 1 aromatic carbocycles. The molecule has 0 bridgehead atoms. The highest BCUT2D eigenvalue weighted by molar-refractivity contribution is 5.94. The SMILES string of the molecule is CC(CCN)C(=O)Nc1ccccc1-n1ccnn1. The number of carbonyl (C=O) groups excluding carboxylic acids is 1. The van der Waals surface area contributed by atoms with E-state index in [0.29, 0.717) is 18.7 Å². The van der Waals surface area contributed by atoms with Gasteiger partial charge in [0.05, 0.1) is 23.8 Å². The van der Waals surface area contributed by atoms with E-state index in [9.17, 15) is 4.79 Å². The molecule has 6 nitrogen and oxygen atoms in total. The number of nitrogens with one attached hydrogen (secondary N) is 1. The summed E-state index contributed by atoms with van der Waals surface area (Å²) in [5.74, 6) is -0.160. The maximum absolute atomic E-state index is 12.0. The first-order chi connectivity index (χ1) is 9.22. The third kappa shape index (κ3) is 3.17. The molecule has 1 amide bonds. The van der Waals surface area contributed by atoms with Gasteiger partial charge in [0.2, 0.25) is 5.91 Å². The number of carbonyl (C=O) groups is 1. The molecule has 0 spiro atoms. The molecule has 2 rings (SSSR count). The third-order valence-corrected chi connectivity index (χ3v) is 2.88. The largest absolute Gasteiger partial charge is 0.330 e. The Balaban J connectivity index is 2.19. The van der Waals surface area contributed by atoms with Crippen molar-refractivity contribution in [3.8, 4) is 5.69 Å². The van der Waals surface area contributed by atoms with Crippen molar-refractivity contribution >= 4 is 11.6 Å². The normalized spacial score (nSPS) is 12.1. The number of para-hydroxylation sites is 2. The van der Waals surface area contributed by atoms with E-state index in [2.05, 4.69) is 15.6 Å². The smallest absolute Gasteiger partial charge is 0.227 e. The number of nitrogens with two attached hydrogens (primary N) is 1. The van der Waals surface area contributed by atoms with Gasteiger partial charge in [-0.3, -0.25) is 4.79 Å². The fourth-order valence-corrected chi connectivity index (χ4v) is 1.75. The van der Waals surface area contributed by atoms with Crippen molar-refractivity contribution in [3.05, 3.63) is 36.7 Å². The van der Waals surface area contributed by atoms with Crippen LogP contribution in [0.25, 0.3) is 5.69 Å². The van der Waals surface area contributed by atoms with E-state index in [1.165, 1.54) is 0 Å². The maximum Gasteiger partial charge on any atom is 0.227 e. The number of amides is 1. The minimum Gasteiger partial charge on any atom is -0.330 e. The summed E-state index contributed by atoms with van der Waals surface area (Å²) in [7, 11) is 0. The van der Waals surface area contributed by atoms with Crippen LogP contribution in [0.1, 0.15) is 13.3 Å². The number of benzene rings is 1. The Morgan fingerprint density at radius 2 is 2.26 bits per heavy atom. The van der Waals surface area contributed by atoms with Gasteiger partial charge in [-0.05, 0) is 25.1 Å². The standard InChI is InChI=1S/C13H17N5O/c1-10(6-7-14)13(19)16-11-4-2-3-5-12(11)18-9-8-15-17-18/h2-5,8-10H,6-7,14H2,1H3,(H,16,19). The maximum atomic E-state index is 12.0. The van der Waals surface area contributed by atoms with Gasteiger partial charge >= 0.3 is 0 Å². The van der Waals surface area contributed by atoms with Crippen molar-refractivity contribution in [2.75, 3.05) is 11.9 Å². The Labute approximate surface area is 111 Å². The molecule has 0 aliphatic heterocycles. The monoisotopic (exact) mass is 259 g/mol. The van der Waals surface area contributed by atoms with E-state index in [1.807, 2.05) is 31.2 Å². The highest BCUT2D eigenvalue weighted by Gasteiger charge is 2.14. The minimum absolute atomic E-state index is 0.0435. The van der Waals surface area contributed by atoms with Crippen LogP contribution in [-0.4, -0.2) is 27.4 Å². The zero-order valence-electron chi connectivity index (χ0n) is 10.8. The fraction of sp³-hybridized carbons (Fsp3) is 0.308. The Bertz CT molecular complexity index is 538. The van der Waals surface area contributed by atoms with E-state index in [0.717, 1.165) is 5.69 Å². The van der Waals surface area contributed by atoms with Gasteiger partial charge in [-0.15, -0.1) is 5.10 Å². The third-order valence-electron chi connectivity index (χ3n) is 2.88. The molecule has 0 aliphatic carbocycles. The van der Waals surface area contributed by atoms with Crippen molar-refractivity contribution < 1.29 is 4.79 Å². The number of hydrogen-bond acceptors (Lipinski definition) is 4. The van der Waals surface area contributed by atoms with Crippen molar-refractivity contribution in [1.29, 1.82) is 0 Å². The number of hydrogen-bond donors (Lipinski definition) is 2. The fourth-order valence-electron chi connectivity index (χ4n) is 1.75. The van der Waals surface area contributed by atoms with Crippen LogP contribution >= 0.6 is 0 Å². The van der Waals surface area contributed by atoms with E-state index < -0.39 is 0 Å². The van der Waals surface area contributed by atoms with Crippen molar-refractivity contribution in [1.82, 2.24) is 15.0 Å². The summed E-state index contributed by atoms with van der Waals surface area (Å²) in [4.78, 5) is 12.0. The lowest BCUT2D eigenvalue weighted by Gasteiger charge is -2.14. The van der Waals surface area contributed by atoms with Crippen molar-refractivity contribution in [3.63, 3.8) is 0 Å². The quantitative estimate of drug-likeness (QED) is 0.844. The second-order valence-electron chi connectivity index (χ2n) is 4.33. The summed E-state index contributed by atoms with van der Waals surface area (Å²) in [5, 5.41) is 10.6. The van der Waals surface area contributed by atoms with Gasteiger partial charge in [0, 0.05) is 5.92 Å². The van der Waals surface area contributed by atoms with Crippen LogP contribution in [0, 0.1) is 5.92 Å². The second kappa shape index (κ2) is 6.10. The molecule has 0 saturated heterocycles. The van der Waals surface area contributed by atoms with Crippen LogP contribution in [0.5, 0.6) is 0 Å². The molecule has 100 valence electrons. The number of anilines is 1. The topological polar surface area (TPSA) is 85.8 Å². The Kier molecular flexibility index (Phi) is 4.25. The molecule has 1 heterocycles. The van der Waals surface area contributed by atoms with Gasteiger partial charge in [-0.25, -0.2) is 4.68 Å². The van der Waals surface area contributed by atoms with Gasteiger partial charge in [0.1, 0.15) is 0 Å². The molecule has 3 N–H and O–H groups in total. The lowest BCUT2D eigenvalue weighted by atomic mass is 10.1. The minimum atomic E-state index is -0.117. The molecule has 0 aliphatic rings. The van der Waals surface area contributed by atoms with Crippen LogP contribution < -0.4 is 11.1 Å². The van der Waals surface area contributed by atoms with E-state index in [1.54, 1.807) is 17.1 Å². The zero-order chi connectivity index (χ0) is 13.7. The van der Waals surface area contributed by atoms with Crippen LogP contribution in [0.2, 0.25) is 0 Å².